The summed E-state index contributed by atoms with van der Waals surface area (Å²) in [4.78, 5) is 29.3. The summed E-state index contributed by atoms with van der Waals surface area (Å²) < 4.78 is 12.6. The predicted molar refractivity (Wildman–Crippen MR) is 142 cm³/mol. The minimum absolute atomic E-state index is 0.0115. The molecule has 196 valence electrons. The highest BCUT2D eigenvalue weighted by molar-refractivity contribution is 5.89. The van der Waals surface area contributed by atoms with Crippen molar-refractivity contribution in [1.82, 2.24) is 25.2 Å². The summed E-state index contributed by atoms with van der Waals surface area (Å²) in [7, 11) is 1.61. The molecule has 1 N–H and O–H groups in total. The lowest BCUT2D eigenvalue weighted by atomic mass is 10.0. The van der Waals surface area contributed by atoms with Gasteiger partial charge in [-0.15, -0.1) is 5.10 Å². The molecule has 38 heavy (non-hydrogen) atoms. The van der Waals surface area contributed by atoms with Crippen LogP contribution in [0.5, 0.6) is 5.75 Å². The van der Waals surface area contributed by atoms with Crippen molar-refractivity contribution >= 4 is 22.8 Å². The van der Waals surface area contributed by atoms with Crippen LogP contribution in [-0.4, -0.2) is 58.1 Å². The van der Waals surface area contributed by atoms with Gasteiger partial charge in [-0.2, -0.15) is 0 Å². The van der Waals surface area contributed by atoms with Crippen molar-refractivity contribution in [1.29, 1.82) is 0 Å². The average Bonchev–Trinajstić information content (AvgIpc) is 3.63. The first-order chi connectivity index (χ1) is 18.6. The summed E-state index contributed by atoms with van der Waals surface area (Å²) >= 11 is 0. The third-order valence-electron chi connectivity index (χ3n) is 6.74. The molecule has 0 radical (unpaired) electrons. The van der Waals surface area contributed by atoms with Crippen LogP contribution < -0.4 is 10.1 Å². The zero-order valence-electron chi connectivity index (χ0n) is 21.3. The highest BCUT2D eigenvalue weighted by Gasteiger charge is 2.32. The Kier molecular flexibility index (Phi) is 7.94. The van der Waals surface area contributed by atoms with Crippen LogP contribution >= 0.6 is 0 Å². The Morgan fingerprint density at radius 3 is 2.58 bits per heavy atom. The molecule has 0 saturated carbocycles. The molecule has 0 unspecified atom stereocenters. The van der Waals surface area contributed by atoms with Crippen LogP contribution in [0.4, 0.5) is 0 Å². The van der Waals surface area contributed by atoms with Crippen molar-refractivity contribution in [2.24, 2.45) is 0 Å². The summed E-state index contributed by atoms with van der Waals surface area (Å²) in [6, 6.07) is 23.5. The normalized spacial score (nSPS) is 15.8. The van der Waals surface area contributed by atoms with E-state index in [2.05, 4.69) is 15.6 Å². The van der Waals surface area contributed by atoms with Gasteiger partial charge in [-0.1, -0.05) is 59.8 Å². The van der Waals surface area contributed by atoms with Gasteiger partial charge < -0.3 is 19.7 Å². The highest BCUT2D eigenvalue weighted by Crippen LogP contribution is 2.26. The van der Waals surface area contributed by atoms with Crippen molar-refractivity contribution in [2.45, 2.75) is 38.1 Å². The number of carbonyl (C=O) groups excluding carboxylic acids is 2. The van der Waals surface area contributed by atoms with E-state index in [4.69, 9.17) is 9.47 Å². The molecule has 1 saturated heterocycles. The van der Waals surface area contributed by atoms with Gasteiger partial charge in [0, 0.05) is 19.7 Å². The SMILES string of the molecule is COc1ccc(CN(C(=O)Cn2nnc3ccccc32)[C@H](C(=O)NC[C@H]2CCCO2)c2ccccc2)cc1. The van der Waals surface area contributed by atoms with Gasteiger partial charge in [0.1, 0.15) is 23.9 Å². The largest absolute Gasteiger partial charge is 0.497 e. The quantitative estimate of drug-likeness (QED) is 0.349. The summed E-state index contributed by atoms with van der Waals surface area (Å²) in [5.74, 6) is 0.212. The molecular weight excluding hydrogens is 482 g/mol. The number of benzene rings is 3. The zero-order valence-corrected chi connectivity index (χ0v) is 21.3. The molecule has 3 aromatic carbocycles. The molecule has 1 aliphatic heterocycles. The van der Waals surface area contributed by atoms with Crippen molar-refractivity contribution < 1.29 is 19.1 Å². The molecule has 9 heteroatoms. The number of nitrogens with zero attached hydrogens (tertiary/aromatic N) is 4. The van der Waals surface area contributed by atoms with E-state index in [0.29, 0.717) is 18.7 Å². The minimum atomic E-state index is -0.845. The van der Waals surface area contributed by atoms with E-state index in [1.54, 1.807) is 16.7 Å². The molecule has 2 amide bonds. The highest BCUT2D eigenvalue weighted by atomic mass is 16.5. The van der Waals surface area contributed by atoms with Crippen LogP contribution in [0.1, 0.15) is 30.0 Å². The summed E-state index contributed by atoms with van der Waals surface area (Å²) in [5.41, 5.74) is 3.05. The fourth-order valence-electron chi connectivity index (χ4n) is 4.73. The van der Waals surface area contributed by atoms with Crippen molar-refractivity contribution in [3.05, 3.63) is 90.0 Å². The maximum absolute atomic E-state index is 14.0. The van der Waals surface area contributed by atoms with E-state index in [0.717, 1.165) is 35.2 Å². The number of amides is 2. The monoisotopic (exact) mass is 513 g/mol. The van der Waals surface area contributed by atoms with Gasteiger partial charge in [0.15, 0.2) is 0 Å². The molecule has 2 atom stereocenters. The molecule has 1 fully saturated rings. The van der Waals surface area contributed by atoms with Gasteiger partial charge >= 0.3 is 0 Å². The number of hydrogen-bond donors (Lipinski definition) is 1. The maximum Gasteiger partial charge on any atom is 0.247 e. The molecular formula is C29H31N5O4. The Labute approximate surface area is 221 Å². The third kappa shape index (κ3) is 5.84. The van der Waals surface area contributed by atoms with Crippen molar-refractivity contribution in [3.63, 3.8) is 0 Å². The molecule has 0 bridgehead atoms. The Bertz CT molecular complexity index is 1370. The third-order valence-corrected chi connectivity index (χ3v) is 6.74. The standard InChI is InChI=1S/C29H31N5O4/c1-37-23-15-13-21(14-16-23)19-33(27(35)20-34-26-12-6-5-11-25(26)31-32-34)28(22-8-3-2-4-9-22)29(36)30-18-24-10-7-17-38-24/h2-6,8-9,11-16,24,28H,7,10,17-20H2,1H3,(H,30,36)/t24-,28+/m1/s1. The van der Waals surface area contributed by atoms with Gasteiger partial charge in [0.05, 0.1) is 18.7 Å². The fourth-order valence-corrected chi connectivity index (χ4v) is 4.73. The van der Waals surface area contributed by atoms with E-state index in [-0.39, 0.29) is 31.0 Å². The van der Waals surface area contributed by atoms with Gasteiger partial charge in [-0.05, 0) is 48.2 Å². The first-order valence-corrected chi connectivity index (χ1v) is 12.8. The number of methoxy groups -OCH3 is 1. The van der Waals surface area contributed by atoms with Crippen LogP contribution in [0, 0.1) is 0 Å². The summed E-state index contributed by atoms with van der Waals surface area (Å²) in [6.45, 7) is 1.28. The number of ether oxygens (including phenoxy) is 2. The second-order valence-electron chi connectivity index (χ2n) is 9.30. The van der Waals surface area contributed by atoms with Crippen molar-refractivity contribution in [2.75, 3.05) is 20.3 Å². The molecule has 1 aromatic heterocycles. The maximum atomic E-state index is 14.0. The molecule has 4 aromatic rings. The van der Waals surface area contributed by atoms with Crippen LogP contribution in [0.2, 0.25) is 0 Å². The first kappa shape index (κ1) is 25.4. The Morgan fingerprint density at radius 1 is 1.08 bits per heavy atom. The molecule has 0 spiro atoms. The minimum Gasteiger partial charge on any atom is -0.497 e. The molecule has 0 aliphatic carbocycles. The number of carbonyl (C=O) groups is 2. The lowest BCUT2D eigenvalue weighted by molar-refractivity contribution is -0.142. The Morgan fingerprint density at radius 2 is 1.84 bits per heavy atom. The van der Waals surface area contributed by atoms with Gasteiger partial charge in [-0.25, -0.2) is 4.68 Å². The fraction of sp³-hybridized carbons (Fsp3) is 0.310. The van der Waals surface area contributed by atoms with Crippen molar-refractivity contribution in [3.8, 4) is 5.75 Å². The number of nitrogens with one attached hydrogen (secondary N) is 1. The summed E-state index contributed by atoms with van der Waals surface area (Å²) in [6.07, 6.45) is 1.88. The lowest BCUT2D eigenvalue weighted by Crippen LogP contribution is -2.46. The number of para-hydroxylation sites is 1. The second-order valence-corrected chi connectivity index (χ2v) is 9.30. The van der Waals surface area contributed by atoms with Crippen LogP contribution in [0.3, 0.4) is 0 Å². The van der Waals surface area contributed by atoms with E-state index in [9.17, 15) is 9.59 Å². The van der Waals surface area contributed by atoms with E-state index in [1.807, 2.05) is 78.9 Å². The molecule has 9 nitrogen and oxygen atoms in total. The van der Waals surface area contributed by atoms with Gasteiger partial charge in [0.2, 0.25) is 11.8 Å². The summed E-state index contributed by atoms with van der Waals surface area (Å²) in [5, 5.41) is 11.4. The molecule has 5 rings (SSSR count). The van der Waals surface area contributed by atoms with E-state index in [1.165, 1.54) is 0 Å². The van der Waals surface area contributed by atoms with Gasteiger partial charge in [0.25, 0.3) is 0 Å². The topological polar surface area (TPSA) is 98.6 Å². The number of hydrogen-bond acceptors (Lipinski definition) is 6. The average molecular weight is 514 g/mol. The first-order valence-electron chi connectivity index (χ1n) is 12.8. The number of aromatic nitrogens is 3. The van der Waals surface area contributed by atoms with Gasteiger partial charge in [-0.3, -0.25) is 9.59 Å². The van der Waals surface area contributed by atoms with Crippen LogP contribution in [0.15, 0.2) is 78.9 Å². The Balaban J connectivity index is 1.47. The lowest BCUT2D eigenvalue weighted by Gasteiger charge is -2.32. The number of rotatable bonds is 10. The van der Waals surface area contributed by atoms with Crippen LogP contribution in [0.25, 0.3) is 11.0 Å². The smallest absolute Gasteiger partial charge is 0.247 e. The molecule has 1 aliphatic rings. The number of fused-ring (bicyclic) bond motifs is 1. The second kappa shape index (κ2) is 11.9. The predicted octanol–water partition coefficient (Wildman–Crippen LogP) is 3.51. The van der Waals surface area contributed by atoms with E-state index < -0.39 is 6.04 Å². The molecule has 2 heterocycles. The zero-order chi connectivity index (χ0) is 26.3. The van der Waals surface area contributed by atoms with Crippen LogP contribution in [-0.2, 0) is 27.4 Å². The van der Waals surface area contributed by atoms with E-state index >= 15 is 0 Å². The Hall–Kier alpha value is -4.24.